The summed E-state index contributed by atoms with van der Waals surface area (Å²) < 4.78 is 39.7. The molecular formula is HF2KO3S. The Morgan fingerprint density at radius 1 is 1.57 bits per heavy atom. The van der Waals surface area contributed by atoms with E-state index >= 15 is 0 Å². The van der Waals surface area contributed by atoms with Crippen LogP contribution in [0.5, 0.6) is 0 Å². The largest absolute Gasteiger partial charge is 1.00 e. The van der Waals surface area contributed by atoms with E-state index in [4.69, 9.17) is 8.42 Å². The third kappa shape index (κ3) is 11.1. The van der Waals surface area contributed by atoms with Crippen molar-refractivity contribution in [3.63, 3.8) is 0 Å². The zero-order chi connectivity index (χ0) is 5.21. The van der Waals surface area contributed by atoms with E-state index in [0.717, 1.165) is 0 Å². The molecule has 0 atom stereocenters. The number of rotatable bonds is 1. The van der Waals surface area contributed by atoms with Crippen LogP contribution in [0, 0.1) is 0 Å². The van der Waals surface area contributed by atoms with Gasteiger partial charge in [0.2, 0.25) is 0 Å². The van der Waals surface area contributed by atoms with Gasteiger partial charge in [0, 0.05) is 0 Å². The van der Waals surface area contributed by atoms with Gasteiger partial charge in [-0.2, -0.15) is 8.42 Å². The van der Waals surface area contributed by atoms with Crippen molar-refractivity contribution in [3.05, 3.63) is 0 Å². The second-order valence-electron chi connectivity index (χ2n) is 0.456. The molecule has 7 heavy (non-hydrogen) atoms. The smallest absolute Gasteiger partial charge is 1.00 e. The molecule has 0 N–H and O–H groups in total. The van der Waals surface area contributed by atoms with E-state index in [2.05, 4.69) is 0 Å². The average Bonchev–Trinajstić information content (AvgIpc) is 1.35. The Kier molecular flexibility index (Phi) is 6.90. The molecule has 0 heterocycles. The second kappa shape index (κ2) is 4.30. The zero-order valence-electron chi connectivity index (χ0n) is 4.39. The summed E-state index contributed by atoms with van der Waals surface area (Å²) >= 11 is 0. The Labute approximate surface area is 83.3 Å². The van der Waals surface area contributed by atoms with Gasteiger partial charge < -0.3 is 1.43 Å². The topological polar surface area (TPSA) is 43.4 Å². The van der Waals surface area contributed by atoms with Gasteiger partial charge in [0.1, 0.15) is 0 Å². The van der Waals surface area contributed by atoms with E-state index in [-0.39, 0.29) is 52.8 Å². The summed E-state index contributed by atoms with van der Waals surface area (Å²) in [5, 5.41) is 0. The van der Waals surface area contributed by atoms with Gasteiger partial charge in [0.05, 0.1) is 0 Å². The molecule has 0 aliphatic carbocycles. The van der Waals surface area contributed by atoms with Crippen LogP contribution in [0.2, 0.25) is 0 Å². The average molecular weight is 158 g/mol. The second-order valence-corrected chi connectivity index (χ2v) is 1.37. The minimum absolute atomic E-state index is 0. The fourth-order valence-electron chi connectivity index (χ4n) is 0. The Morgan fingerprint density at radius 2 is 1.71 bits per heavy atom. The van der Waals surface area contributed by atoms with Crippen LogP contribution >= 0.6 is 0 Å². The van der Waals surface area contributed by atoms with Crippen molar-refractivity contribution in [3.8, 4) is 0 Å². The SMILES string of the molecule is O=S(=O)(F)OF.[H-].[K+]. The third-order valence-corrected chi connectivity index (χ3v) is 0.226. The predicted octanol–water partition coefficient (Wildman–Crippen LogP) is -2.78. The molecule has 0 rings (SSSR count). The van der Waals surface area contributed by atoms with Gasteiger partial charge in [-0.05, 0) is 8.91 Å². The minimum Gasteiger partial charge on any atom is -1.00 e. The minimum atomic E-state index is -5.33. The van der Waals surface area contributed by atoms with Gasteiger partial charge >= 0.3 is 61.9 Å². The van der Waals surface area contributed by atoms with Gasteiger partial charge in [-0.25, -0.2) is 0 Å². The monoisotopic (exact) mass is 158 g/mol. The normalized spacial score (nSPS) is 10.0. The van der Waals surface area contributed by atoms with Gasteiger partial charge in [-0.15, -0.1) is 0 Å². The van der Waals surface area contributed by atoms with Crippen LogP contribution in [0.3, 0.4) is 0 Å². The molecule has 0 aliphatic rings. The molecule has 0 bridgehead atoms. The van der Waals surface area contributed by atoms with Gasteiger partial charge in [-0.3, -0.25) is 0 Å². The Balaban J connectivity index is -0.000000125. The van der Waals surface area contributed by atoms with Crippen molar-refractivity contribution in [1.29, 1.82) is 0 Å². The standard InChI is InChI=1S/F2O3S.K.H/c1-5-6(2,3)4;;/q;+1;-1. The summed E-state index contributed by atoms with van der Waals surface area (Å²) in [5.74, 6) is 0. The van der Waals surface area contributed by atoms with Crippen LogP contribution in [0.4, 0.5) is 8.41 Å². The molecule has 0 aliphatic heterocycles. The van der Waals surface area contributed by atoms with Gasteiger partial charge in [0.15, 0.2) is 0 Å². The van der Waals surface area contributed by atoms with E-state index in [1.165, 1.54) is 0 Å². The molecular weight excluding hydrogens is 157 g/mol. The first-order valence-corrected chi connectivity index (χ1v) is 2.12. The molecule has 3 nitrogen and oxygen atoms in total. The fourth-order valence-corrected chi connectivity index (χ4v) is 0. The van der Waals surface area contributed by atoms with Crippen molar-refractivity contribution in [1.82, 2.24) is 0 Å². The molecule has 0 fully saturated rings. The maximum absolute atomic E-state index is 10.5. The third-order valence-electron chi connectivity index (χ3n) is 0.0752. The summed E-state index contributed by atoms with van der Waals surface area (Å²) in [5.41, 5.74) is 0. The molecule has 0 amide bonds. The molecule has 0 unspecified atom stereocenters. The van der Waals surface area contributed by atoms with Crippen molar-refractivity contribution in [2.24, 2.45) is 0 Å². The van der Waals surface area contributed by atoms with Crippen LogP contribution in [-0.4, -0.2) is 8.42 Å². The van der Waals surface area contributed by atoms with Crippen LogP contribution < -0.4 is 51.4 Å². The van der Waals surface area contributed by atoms with Crippen molar-refractivity contribution < 1.29 is 74.0 Å². The summed E-state index contributed by atoms with van der Waals surface area (Å²) in [7, 11) is -5.33. The molecule has 40 valence electrons. The fraction of sp³-hybridized carbons (Fsp3) is 0. The first kappa shape index (κ1) is 11.2. The summed E-state index contributed by atoms with van der Waals surface area (Å²) in [4.78, 5) is 0. The van der Waals surface area contributed by atoms with Crippen molar-refractivity contribution in [2.75, 3.05) is 0 Å². The van der Waals surface area contributed by atoms with E-state index in [1.807, 2.05) is 0 Å². The number of hydrogen-bond acceptors (Lipinski definition) is 3. The van der Waals surface area contributed by atoms with E-state index in [9.17, 15) is 8.41 Å². The molecule has 7 heteroatoms. The van der Waals surface area contributed by atoms with E-state index in [1.54, 1.807) is 4.39 Å². The number of halogens is 2. The molecule has 0 radical (unpaired) electrons. The van der Waals surface area contributed by atoms with Gasteiger partial charge in [0.25, 0.3) is 0 Å². The van der Waals surface area contributed by atoms with Crippen molar-refractivity contribution >= 4 is 10.5 Å². The summed E-state index contributed by atoms with van der Waals surface area (Å²) in [6, 6.07) is 0. The zero-order valence-corrected chi connectivity index (χ0v) is 7.33. The van der Waals surface area contributed by atoms with E-state index < -0.39 is 10.5 Å². The van der Waals surface area contributed by atoms with Crippen LogP contribution in [-0.2, 0) is 14.9 Å². The number of hydrogen-bond donors (Lipinski definition) is 0. The van der Waals surface area contributed by atoms with Crippen LogP contribution in [0.25, 0.3) is 0 Å². The van der Waals surface area contributed by atoms with E-state index in [0.29, 0.717) is 0 Å². The first-order valence-electron chi connectivity index (χ1n) is 0.809. The maximum atomic E-state index is 10.5. The quantitative estimate of drug-likeness (QED) is 0.306. The molecule has 0 aromatic carbocycles. The summed E-state index contributed by atoms with van der Waals surface area (Å²) in [6.07, 6.45) is 0. The van der Waals surface area contributed by atoms with Gasteiger partial charge in [-0.1, -0.05) is 3.89 Å². The molecule has 0 aromatic rings. The molecule has 0 saturated heterocycles. The molecule has 0 aromatic heterocycles. The van der Waals surface area contributed by atoms with Crippen LogP contribution in [0.15, 0.2) is 0 Å². The predicted molar refractivity (Wildman–Crippen MR) is 13.3 cm³/mol. The summed E-state index contributed by atoms with van der Waals surface area (Å²) in [6.45, 7) is 0. The van der Waals surface area contributed by atoms with Crippen molar-refractivity contribution in [2.45, 2.75) is 0 Å². The Morgan fingerprint density at radius 3 is 1.71 bits per heavy atom. The Hall–Kier alpha value is 1.41. The van der Waals surface area contributed by atoms with Crippen LogP contribution in [0.1, 0.15) is 1.43 Å². The Bertz CT molecular complexity index is 119. The maximum Gasteiger partial charge on any atom is 1.00 e. The molecule has 0 saturated carbocycles. The molecule has 0 spiro atoms. The first-order chi connectivity index (χ1) is 2.56.